The van der Waals surface area contributed by atoms with E-state index in [1.807, 2.05) is 37.4 Å². The van der Waals surface area contributed by atoms with Crippen LogP contribution in [0, 0.1) is 6.92 Å². The van der Waals surface area contributed by atoms with Crippen molar-refractivity contribution in [1.82, 2.24) is 9.97 Å². The third-order valence-corrected chi connectivity index (χ3v) is 3.03. The van der Waals surface area contributed by atoms with Crippen molar-refractivity contribution in [1.29, 1.82) is 0 Å². The molecule has 2 aromatic heterocycles. The average molecular weight is 235 g/mol. The van der Waals surface area contributed by atoms with Crippen LogP contribution >= 0.6 is 0 Å². The molecule has 3 rings (SSSR count). The van der Waals surface area contributed by atoms with Gasteiger partial charge < -0.3 is 5.73 Å². The van der Waals surface area contributed by atoms with Crippen molar-refractivity contribution in [3.63, 3.8) is 0 Å². The number of nitrogens with zero attached hydrogens (tertiary/aromatic N) is 2. The molecule has 88 valence electrons. The van der Waals surface area contributed by atoms with Gasteiger partial charge in [0, 0.05) is 28.9 Å². The minimum atomic E-state index is 0.546. The van der Waals surface area contributed by atoms with E-state index in [2.05, 4.69) is 22.1 Å². The summed E-state index contributed by atoms with van der Waals surface area (Å²) < 4.78 is 0. The molecule has 0 radical (unpaired) electrons. The summed E-state index contributed by atoms with van der Waals surface area (Å²) in [6, 6.07) is 12.1. The second-order valence-corrected chi connectivity index (χ2v) is 4.34. The van der Waals surface area contributed by atoms with Gasteiger partial charge in [-0.15, -0.1) is 0 Å². The van der Waals surface area contributed by atoms with E-state index < -0.39 is 0 Å². The fourth-order valence-corrected chi connectivity index (χ4v) is 2.10. The molecule has 0 amide bonds. The predicted molar refractivity (Wildman–Crippen MR) is 74.1 cm³/mol. The first-order valence-electron chi connectivity index (χ1n) is 5.81. The lowest BCUT2D eigenvalue weighted by molar-refractivity contribution is 1.29. The number of nitrogen functional groups attached to an aromatic ring is 1. The molecule has 0 aliphatic rings. The molecule has 3 aromatic rings. The molecule has 0 saturated heterocycles. The maximum Gasteiger partial charge on any atom is 0.123 e. The van der Waals surface area contributed by atoms with E-state index in [9.17, 15) is 0 Å². The van der Waals surface area contributed by atoms with Crippen LogP contribution in [-0.2, 0) is 0 Å². The number of hydrogen-bond donors (Lipinski definition) is 1. The average Bonchev–Trinajstić information content (AvgIpc) is 2.38. The Balaban J connectivity index is 2.19. The van der Waals surface area contributed by atoms with Gasteiger partial charge in [-0.2, -0.15) is 0 Å². The van der Waals surface area contributed by atoms with Gasteiger partial charge in [0.05, 0.1) is 5.52 Å². The standard InChI is InChI=1S/C15H13N3/c1-10-6-15(16)18-9-13(10)12-7-11-4-2-3-5-14(11)17-8-12/h2-9H,1H3,(H2,16,18). The zero-order chi connectivity index (χ0) is 12.5. The Kier molecular flexibility index (Phi) is 2.45. The molecule has 2 N–H and O–H groups in total. The van der Waals surface area contributed by atoms with Crippen LogP contribution in [0.25, 0.3) is 22.0 Å². The topological polar surface area (TPSA) is 51.8 Å². The first-order valence-corrected chi connectivity index (χ1v) is 5.81. The van der Waals surface area contributed by atoms with Gasteiger partial charge in [0.25, 0.3) is 0 Å². The summed E-state index contributed by atoms with van der Waals surface area (Å²) in [6.07, 6.45) is 3.68. The van der Waals surface area contributed by atoms with E-state index >= 15 is 0 Å². The molecule has 0 atom stereocenters. The van der Waals surface area contributed by atoms with Crippen LogP contribution in [0.2, 0.25) is 0 Å². The van der Waals surface area contributed by atoms with Gasteiger partial charge in [0.1, 0.15) is 5.82 Å². The molecule has 0 saturated carbocycles. The number of fused-ring (bicyclic) bond motifs is 1. The van der Waals surface area contributed by atoms with Crippen LogP contribution in [0.15, 0.2) is 48.8 Å². The Morgan fingerprint density at radius 2 is 1.83 bits per heavy atom. The Morgan fingerprint density at radius 3 is 2.67 bits per heavy atom. The number of benzene rings is 1. The van der Waals surface area contributed by atoms with Crippen molar-refractivity contribution in [2.45, 2.75) is 6.92 Å². The van der Waals surface area contributed by atoms with E-state index in [-0.39, 0.29) is 0 Å². The molecule has 0 spiro atoms. The molecule has 3 heteroatoms. The Bertz CT molecular complexity index is 720. The number of para-hydroxylation sites is 1. The Labute approximate surface area is 105 Å². The first kappa shape index (κ1) is 10.7. The van der Waals surface area contributed by atoms with Crippen LogP contribution in [0.4, 0.5) is 5.82 Å². The second-order valence-electron chi connectivity index (χ2n) is 4.34. The fourth-order valence-electron chi connectivity index (χ4n) is 2.10. The van der Waals surface area contributed by atoms with Crippen molar-refractivity contribution in [3.05, 3.63) is 54.4 Å². The number of hydrogen-bond acceptors (Lipinski definition) is 3. The van der Waals surface area contributed by atoms with Gasteiger partial charge in [-0.1, -0.05) is 18.2 Å². The maximum atomic E-state index is 5.67. The lowest BCUT2D eigenvalue weighted by atomic mass is 10.0. The molecule has 1 aromatic carbocycles. The summed E-state index contributed by atoms with van der Waals surface area (Å²) in [5.41, 5.74) is 9.92. The molecule has 0 unspecified atom stereocenters. The molecule has 0 bridgehead atoms. The van der Waals surface area contributed by atoms with Crippen LogP contribution in [0.1, 0.15) is 5.56 Å². The third kappa shape index (κ3) is 1.80. The SMILES string of the molecule is Cc1cc(N)ncc1-c1cnc2ccccc2c1. The normalized spacial score (nSPS) is 10.7. The lowest BCUT2D eigenvalue weighted by Crippen LogP contribution is -1.93. The summed E-state index contributed by atoms with van der Waals surface area (Å²) in [5, 5.41) is 1.13. The van der Waals surface area contributed by atoms with Crippen LogP contribution in [0.5, 0.6) is 0 Å². The van der Waals surface area contributed by atoms with E-state index in [0.29, 0.717) is 5.82 Å². The van der Waals surface area contributed by atoms with Crippen LogP contribution in [0.3, 0.4) is 0 Å². The number of aryl methyl sites for hydroxylation is 1. The predicted octanol–water partition coefficient (Wildman–Crippen LogP) is 3.19. The molecule has 0 aliphatic heterocycles. The van der Waals surface area contributed by atoms with E-state index in [0.717, 1.165) is 27.6 Å². The van der Waals surface area contributed by atoms with Crippen molar-refractivity contribution in [2.24, 2.45) is 0 Å². The number of nitrogens with two attached hydrogens (primary N) is 1. The van der Waals surface area contributed by atoms with Crippen molar-refractivity contribution in [3.8, 4) is 11.1 Å². The highest BCUT2D eigenvalue weighted by atomic mass is 14.8. The summed E-state index contributed by atoms with van der Waals surface area (Å²) in [5.74, 6) is 0.546. The van der Waals surface area contributed by atoms with Crippen LogP contribution < -0.4 is 5.73 Å². The molecular formula is C15H13N3. The second kappa shape index (κ2) is 4.11. The maximum absolute atomic E-state index is 5.67. The molecular weight excluding hydrogens is 222 g/mol. The molecule has 18 heavy (non-hydrogen) atoms. The van der Waals surface area contributed by atoms with Gasteiger partial charge >= 0.3 is 0 Å². The first-order chi connectivity index (χ1) is 8.74. The molecule has 3 nitrogen and oxygen atoms in total. The van der Waals surface area contributed by atoms with E-state index in [4.69, 9.17) is 5.73 Å². The lowest BCUT2D eigenvalue weighted by Gasteiger charge is -2.07. The largest absolute Gasteiger partial charge is 0.384 e. The summed E-state index contributed by atoms with van der Waals surface area (Å²) in [6.45, 7) is 2.03. The van der Waals surface area contributed by atoms with Gasteiger partial charge in [-0.3, -0.25) is 4.98 Å². The summed E-state index contributed by atoms with van der Waals surface area (Å²) >= 11 is 0. The number of rotatable bonds is 1. The molecule has 2 heterocycles. The summed E-state index contributed by atoms with van der Waals surface area (Å²) in [7, 11) is 0. The Morgan fingerprint density at radius 1 is 1.00 bits per heavy atom. The van der Waals surface area contributed by atoms with Crippen LogP contribution in [-0.4, -0.2) is 9.97 Å². The highest BCUT2D eigenvalue weighted by Crippen LogP contribution is 2.25. The highest BCUT2D eigenvalue weighted by molar-refractivity contribution is 5.83. The summed E-state index contributed by atoms with van der Waals surface area (Å²) in [4.78, 5) is 8.61. The minimum absolute atomic E-state index is 0.546. The molecule has 0 fully saturated rings. The van der Waals surface area contributed by atoms with Crippen molar-refractivity contribution in [2.75, 3.05) is 5.73 Å². The number of anilines is 1. The van der Waals surface area contributed by atoms with Gasteiger partial charge in [0.2, 0.25) is 0 Å². The van der Waals surface area contributed by atoms with Crippen molar-refractivity contribution < 1.29 is 0 Å². The minimum Gasteiger partial charge on any atom is -0.384 e. The van der Waals surface area contributed by atoms with E-state index in [1.165, 1.54) is 0 Å². The number of aromatic nitrogens is 2. The quantitative estimate of drug-likeness (QED) is 0.704. The number of pyridine rings is 2. The van der Waals surface area contributed by atoms with Gasteiger partial charge in [0.15, 0.2) is 0 Å². The molecule has 0 aliphatic carbocycles. The zero-order valence-corrected chi connectivity index (χ0v) is 10.1. The monoisotopic (exact) mass is 235 g/mol. The van der Waals surface area contributed by atoms with Gasteiger partial charge in [-0.25, -0.2) is 4.98 Å². The highest BCUT2D eigenvalue weighted by Gasteiger charge is 2.04. The Hall–Kier alpha value is -2.42. The van der Waals surface area contributed by atoms with E-state index in [1.54, 1.807) is 6.20 Å². The smallest absolute Gasteiger partial charge is 0.123 e. The third-order valence-electron chi connectivity index (χ3n) is 3.03. The zero-order valence-electron chi connectivity index (χ0n) is 10.1. The van der Waals surface area contributed by atoms with Crippen molar-refractivity contribution >= 4 is 16.7 Å². The fraction of sp³-hybridized carbons (Fsp3) is 0.0667. The van der Waals surface area contributed by atoms with Gasteiger partial charge in [-0.05, 0) is 30.7 Å².